The second-order valence-corrected chi connectivity index (χ2v) is 9.06. The van der Waals surface area contributed by atoms with E-state index in [1.165, 1.54) is 25.4 Å². The average molecular weight is 493 g/mol. The Morgan fingerprint density at radius 1 is 1.41 bits per heavy atom. The Labute approximate surface area is 199 Å². The molecule has 182 valence electrons. The Morgan fingerprint density at radius 2 is 2.15 bits per heavy atom. The Balaban J connectivity index is 1.53. The number of aromatic nitrogens is 1. The van der Waals surface area contributed by atoms with Crippen LogP contribution in [0.4, 0.5) is 19.6 Å². The molecule has 1 aromatic carbocycles. The molecule has 1 aliphatic heterocycles. The van der Waals surface area contributed by atoms with E-state index in [-0.39, 0.29) is 29.8 Å². The molecule has 0 saturated carbocycles. The van der Waals surface area contributed by atoms with E-state index >= 15 is 0 Å². The number of aliphatic imine (C=N–C) groups is 1. The number of hydrogen-bond acceptors (Lipinski definition) is 7. The number of phenols is 1. The van der Waals surface area contributed by atoms with Crippen molar-refractivity contribution < 1.29 is 23.5 Å². The van der Waals surface area contributed by atoms with Crippen LogP contribution in [0.1, 0.15) is 27.7 Å². The number of halogens is 2. The van der Waals surface area contributed by atoms with Crippen LogP contribution < -0.4 is 16.4 Å². The standard InChI is InChI=1S/C22H26F2N6O3S/c1-12-4-5-15(31)14(3)19(12)29-20(33)16-8-27-21(34-16)28-17(25)6-7-26-9-18(32)30-10-13(2)22(23,24)11-30/h4-8,13,26,31H,9-11H2,1-3H3,(H,29,33)(H2,25,27,28)/b7-6-. The molecule has 9 nitrogen and oxygen atoms in total. The Kier molecular flexibility index (Phi) is 7.50. The lowest BCUT2D eigenvalue weighted by Crippen LogP contribution is -2.36. The highest BCUT2D eigenvalue weighted by Crippen LogP contribution is 2.32. The number of aromatic hydroxyl groups is 1. The fourth-order valence-corrected chi connectivity index (χ4v) is 4.01. The highest BCUT2D eigenvalue weighted by Gasteiger charge is 2.46. The van der Waals surface area contributed by atoms with Crippen molar-refractivity contribution >= 4 is 39.8 Å². The van der Waals surface area contributed by atoms with Gasteiger partial charge in [-0.3, -0.25) is 9.59 Å². The molecule has 2 heterocycles. The van der Waals surface area contributed by atoms with Crippen LogP contribution in [0.25, 0.3) is 0 Å². The number of hydrogen-bond donors (Lipinski definition) is 4. The number of nitrogens with two attached hydrogens (primary N) is 1. The number of aryl methyl sites for hydroxylation is 1. The number of nitrogens with zero attached hydrogens (tertiary/aromatic N) is 3. The van der Waals surface area contributed by atoms with Crippen molar-refractivity contribution in [2.75, 3.05) is 25.0 Å². The number of amidine groups is 1. The van der Waals surface area contributed by atoms with Gasteiger partial charge >= 0.3 is 0 Å². The van der Waals surface area contributed by atoms with Gasteiger partial charge in [0.2, 0.25) is 11.0 Å². The van der Waals surface area contributed by atoms with Gasteiger partial charge in [-0.15, -0.1) is 0 Å². The molecular weight excluding hydrogens is 466 g/mol. The lowest BCUT2D eigenvalue weighted by atomic mass is 10.1. The van der Waals surface area contributed by atoms with E-state index in [1.54, 1.807) is 19.1 Å². The summed E-state index contributed by atoms with van der Waals surface area (Å²) < 4.78 is 27.1. The molecule has 34 heavy (non-hydrogen) atoms. The number of rotatable bonds is 7. The molecule has 2 amide bonds. The summed E-state index contributed by atoms with van der Waals surface area (Å²) in [6.07, 6.45) is 4.16. The summed E-state index contributed by atoms with van der Waals surface area (Å²) in [4.78, 5) is 34.2. The van der Waals surface area contributed by atoms with Crippen LogP contribution >= 0.6 is 11.3 Å². The Morgan fingerprint density at radius 3 is 2.82 bits per heavy atom. The number of thiazole rings is 1. The fourth-order valence-electron chi connectivity index (χ4n) is 3.30. The number of phenolic OH excluding ortho intramolecular Hbond substituents is 1. The van der Waals surface area contributed by atoms with Gasteiger partial charge in [0.25, 0.3) is 11.8 Å². The molecule has 1 aromatic heterocycles. The number of amides is 2. The van der Waals surface area contributed by atoms with Crippen molar-refractivity contribution in [1.82, 2.24) is 15.2 Å². The molecule has 0 radical (unpaired) electrons. The van der Waals surface area contributed by atoms with E-state index in [0.717, 1.165) is 21.8 Å². The topological polar surface area (TPSA) is 133 Å². The molecule has 1 saturated heterocycles. The van der Waals surface area contributed by atoms with Gasteiger partial charge < -0.3 is 26.4 Å². The first-order valence-corrected chi connectivity index (χ1v) is 11.3. The van der Waals surface area contributed by atoms with Crippen molar-refractivity contribution in [1.29, 1.82) is 0 Å². The third kappa shape index (κ3) is 5.87. The molecule has 0 spiro atoms. The minimum absolute atomic E-state index is 0.0192. The Hall–Kier alpha value is -3.54. The molecule has 1 aliphatic rings. The quantitative estimate of drug-likeness (QED) is 0.347. The highest BCUT2D eigenvalue weighted by atomic mass is 32.1. The third-order valence-corrected chi connectivity index (χ3v) is 6.31. The third-order valence-electron chi connectivity index (χ3n) is 5.42. The zero-order valence-electron chi connectivity index (χ0n) is 18.9. The zero-order chi connectivity index (χ0) is 25.0. The number of carbonyl (C=O) groups is 2. The number of nitrogens with one attached hydrogen (secondary N) is 2. The van der Waals surface area contributed by atoms with Gasteiger partial charge in [-0.25, -0.2) is 18.8 Å². The van der Waals surface area contributed by atoms with Crippen molar-refractivity contribution in [3.63, 3.8) is 0 Å². The van der Waals surface area contributed by atoms with Crippen molar-refractivity contribution in [2.24, 2.45) is 16.6 Å². The summed E-state index contributed by atoms with van der Waals surface area (Å²) in [5, 5.41) is 15.6. The molecule has 5 N–H and O–H groups in total. The number of likely N-dealkylation sites (tertiary alicyclic amines) is 1. The van der Waals surface area contributed by atoms with Crippen LogP contribution in [-0.2, 0) is 4.79 Å². The largest absolute Gasteiger partial charge is 0.508 e. The lowest BCUT2D eigenvalue weighted by Gasteiger charge is -2.15. The molecule has 3 rings (SSSR count). The maximum atomic E-state index is 13.6. The molecule has 12 heteroatoms. The number of alkyl halides is 2. The predicted molar refractivity (Wildman–Crippen MR) is 127 cm³/mol. The second-order valence-electron chi connectivity index (χ2n) is 8.05. The summed E-state index contributed by atoms with van der Waals surface area (Å²) in [5.41, 5.74) is 7.72. The Bertz CT molecular complexity index is 1150. The molecule has 0 bridgehead atoms. The van der Waals surface area contributed by atoms with Gasteiger partial charge in [-0.05, 0) is 31.6 Å². The second kappa shape index (κ2) is 10.2. The smallest absolute Gasteiger partial charge is 0.269 e. The minimum Gasteiger partial charge on any atom is -0.508 e. The summed E-state index contributed by atoms with van der Waals surface area (Å²) >= 11 is 1.03. The number of benzene rings is 1. The zero-order valence-corrected chi connectivity index (χ0v) is 19.7. The first-order valence-electron chi connectivity index (χ1n) is 10.4. The molecule has 1 fully saturated rings. The summed E-state index contributed by atoms with van der Waals surface area (Å²) in [6, 6.07) is 3.27. The van der Waals surface area contributed by atoms with Crippen LogP contribution in [0, 0.1) is 19.8 Å². The van der Waals surface area contributed by atoms with Crippen molar-refractivity contribution in [2.45, 2.75) is 26.7 Å². The first kappa shape index (κ1) is 25.1. The predicted octanol–water partition coefficient (Wildman–Crippen LogP) is 2.92. The monoisotopic (exact) mass is 492 g/mol. The van der Waals surface area contributed by atoms with Crippen LogP contribution in [0.2, 0.25) is 0 Å². The van der Waals surface area contributed by atoms with Crippen LogP contribution in [-0.4, -0.2) is 58.2 Å². The molecule has 0 aliphatic carbocycles. The minimum atomic E-state index is -2.87. The van der Waals surface area contributed by atoms with Crippen LogP contribution in [0.5, 0.6) is 5.75 Å². The summed E-state index contributed by atoms with van der Waals surface area (Å²) in [6.45, 7) is 4.23. The molecular formula is C22H26F2N6O3S. The van der Waals surface area contributed by atoms with E-state index in [2.05, 4.69) is 20.6 Å². The van der Waals surface area contributed by atoms with E-state index in [9.17, 15) is 23.5 Å². The number of carbonyl (C=O) groups excluding carboxylic acids is 2. The normalized spacial score (nSPS) is 17.9. The summed E-state index contributed by atoms with van der Waals surface area (Å²) in [5.74, 6) is -4.41. The lowest BCUT2D eigenvalue weighted by molar-refractivity contribution is -0.130. The van der Waals surface area contributed by atoms with Crippen LogP contribution in [0.3, 0.4) is 0 Å². The fraction of sp³-hybridized carbons (Fsp3) is 0.364. The van der Waals surface area contributed by atoms with Crippen LogP contribution in [0.15, 0.2) is 35.6 Å². The van der Waals surface area contributed by atoms with E-state index < -0.39 is 30.2 Å². The highest BCUT2D eigenvalue weighted by molar-refractivity contribution is 7.17. The van der Waals surface area contributed by atoms with Gasteiger partial charge in [0.1, 0.15) is 16.5 Å². The maximum Gasteiger partial charge on any atom is 0.269 e. The van der Waals surface area contributed by atoms with E-state index in [4.69, 9.17) is 5.73 Å². The van der Waals surface area contributed by atoms with E-state index in [1.807, 2.05) is 6.92 Å². The van der Waals surface area contributed by atoms with Gasteiger partial charge in [0.05, 0.1) is 25.0 Å². The van der Waals surface area contributed by atoms with Gasteiger partial charge in [0, 0.05) is 24.2 Å². The molecule has 1 unspecified atom stereocenters. The van der Waals surface area contributed by atoms with Gasteiger partial charge in [-0.2, -0.15) is 0 Å². The molecule has 2 aromatic rings. The first-order chi connectivity index (χ1) is 16.0. The van der Waals surface area contributed by atoms with Crippen molar-refractivity contribution in [3.8, 4) is 5.75 Å². The van der Waals surface area contributed by atoms with Crippen molar-refractivity contribution in [3.05, 3.63) is 46.6 Å². The average Bonchev–Trinajstić information content (AvgIpc) is 3.35. The SMILES string of the molecule is Cc1ccc(O)c(C)c1NC(=O)c1cnc(/N=C(N)\C=C/NCC(=O)N2CC(C)C(F)(F)C2)s1. The van der Waals surface area contributed by atoms with Gasteiger partial charge in [-0.1, -0.05) is 24.3 Å². The van der Waals surface area contributed by atoms with E-state index in [0.29, 0.717) is 16.1 Å². The molecule has 1 atom stereocenters. The maximum absolute atomic E-state index is 13.6. The van der Waals surface area contributed by atoms with Gasteiger partial charge in [0.15, 0.2) is 0 Å². The number of anilines is 1. The summed E-state index contributed by atoms with van der Waals surface area (Å²) in [7, 11) is 0.